The molecule has 1 rings (SSSR count). The summed E-state index contributed by atoms with van der Waals surface area (Å²) in [6, 6.07) is 2.98. The van der Waals surface area contributed by atoms with Gasteiger partial charge in [0.05, 0.1) is 11.4 Å². The number of carbonyl (C=O) groups excluding carboxylic acids is 2. The van der Waals surface area contributed by atoms with Gasteiger partial charge in [-0.05, 0) is 30.7 Å². The minimum Gasteiger partial charge on any atom is -0.350 e. The number of primary amides is 2. The minimum atomic E-state index is -4.67. The van der Waals surface area contributed by atoms with Crippen LogP contribution in [0.15, 0.2) is 18.2 Å². The Balaban J connectivity index is 0.000000763. The summed E-state index contributed by atoms with van der Waals surface area (Å²) in [4.78, 5) is 21.7. The van der Waals surface area contributed by atoms with Gasteiger partial charge < -0.3 is 11.5 Å². The summed E-state index contributed by atoms with van der Waals surface area (Å²) in [5.41, 5.74) is 11.5. The Hall–Kier alpha value is -2.45. The number of nitrogens with zero attached hydrogens (tertiary/aromatic N) is 2. The first-order valence-electron chi connectivity index (χ1n) is 5.33. The van der Waals surface area contributed by atoms with Crippen LogP contribution in [0.5, 0.6) is 0 Å². The van der Waals surface area contributed by atoms with Crippen molar-refractivity contribution in [1.82, 2.24) is 0 Å². The van der Waals surface area contributed by atoms with Crippen molar-refractivity contribution in [3.63, 3.8) is 0 Å². The number of rotatable bonds is 2. The number of hydrazine groups is 2. The highest BCUT2D eigenvalue weighted by molar-refractivity contribution is 7.79. The quantitative estimate of drug-likeness (QED) is 0.167. The molecule has 10 N–H and O–H groups in total. The van der Waals surface area contributed by atoms with E-state index in [-0.39, 0.29) is 0 Å². The van der Waals surface area contributed by atoms with Gasteiger partial charge in [-0.15, -0.1) is 0 Å². The van der Waals surface area contributed by atoms with Gasteiger partial charge in [0.15, 0.2) is 0 Å². The van der Waals surface area contributed by atoms with Crippen LogP contribution in [-0.4, -0.2) is 29.6 Å². The van der Waals surface area contributed by atoms with Gasteiger partial charge >= 0.3 is 22.5 Å². The van der Waals surface area contributed by atoms with E-state index in [1.807, 2.05) is 0 Å². The molecule has 0 aromatic heterocycles. The molecule has 124 valence electrons. The number of amides is 4. The van der Waals surface area contributed by atoms with Crippen LogP contribution >= 0.6 is 0 Å². The molecule has 0 saturated heterocycles. The van der Waals surface area contributed by atoms with E-state index in [1.165, 1.54) is 12.1 Å². The number of urea groups is 2. The van der Waals surface area contributed by atoms with Crippen molar-refractivity contribution < 1.29 is 27.1 Å². The van der Waals surface area contributed by atoms with Crippen LogP contribution in [0.3, 0.4) is 0 Å². The van der Waals surface area contributed by atoms with Gasteiger partial charge in [-0.3, -0.25) is 9.11 Å². The topological polar surface area (TPSA) is 219 Å². The predicted molar refractivity (Wildman–Crippen MR) is 77.9 cm³/mol. The number of hydrogen-bond donors (Lipinski definition) is 6. The van der Waals surface area contributed by atoms with Crippen LogP contribution in [-0.2, 0) is 10.4 Å². The van der Waals surface area contributed by atoms with Gasteiger partial charge in [0.1, 0.15) is 0 Å². The molecule has 0 aliphatic rings. The Kier molecular flexibility index (Phi) is 6.69. The highest BCUT2D eigenvalue weighted by Gasteiger charge is 2.13. The Bertz CT molecular complexity index is 655. The monoisotopic (exact) mass is 336 g/mol. The second kappa shape index (κ2) is 7.53. The second-order valence-electron chi connectivity index (χ2n) is 3.84. The van der Waals surface area contributed by atoms with Crippen molar-refractivity contribution >= 4 is 33.8 Å². The summed E-state index contributed by atoms with van der Waals surface area (Å²) in [6.07, 6.45) is 0. The molecule has 0 spiro atoms. The van der Waals surface area contributed by atoms with E-state index in [0.29, 0.717) is 16.9 Å². The molecule has 0 radical (unpaired) electrons. The van der Waals surface area contributed by atoms with Crippen LogP contribution in [0.2, 0.25) is 0 Å². The lowest BCUT2D eigenvalue weighted by Gasteiger charge is -2.19. The smallest absolute Gasteiger partial charge is 0.350 e. The molecule has 0 aliphatic carbocycles. The summed E-state index contributed by atoms with van der Waals surface area (Å²) >= 11 is 0. The molecule has 0 fully saturated rings. The molecule has 12 nitrogen and oxygen atoms in total. The second-order valence-corrected chi connectivity index (χ2v) is 4.73. The maximum atomic E-state index is 10.9. The fourth-order valence-corrected chi connectivity index (χ4v) is 1.31. The fraction of sp³-hybridized carbons (Fsp3) is 0.111. The summed E-state index contributed by atoms with van der Waals surface area (Å²) < 4.78 is 31.6. The molecular formula is C9H16N6O6S. The standard InChI is InChI=1S/C9H14N6O2.H2O4S/c1-5-4-6(14(12)8(10)16)2-3-7(5)15(13)9(11)17;1-5(2,3)4/h2-4H,12-13H2,1H3,(H2,10,16)(H2,11,17);(H2,1,2,3,4). The lowest BCUT2D eigenvalue weighted by Crippen LogP contribution is -2.43. The Labute approximate surface area is 125 Å². The van der Waals surface area contributed by atoms with Gasteiger partial charge in [-0.25, -0.2) is 31.3 Å². The van der Waals surface area contributed by atoms with Crippen molar-refractivity contribution in [1.29, 1.82) is 0 Å². The Morgan fingerprint density at radius 1 is 1.05 bits per heavy atom. The van der Waals surface area contributed by atoms with E-state index in [1.54, 1.807) is 13.0 Å². The molecule has 0 unspecified atom stereocenters. The average Bonchev–Trinajstić information content (AvgIpc) is 2.34. The number of anilines is 2. The van der Waals surface area contributed by atoms with Crippen molar-refractivity contribution in [3.05, 3.63) is 23.8 Å². The van der Waals surface area contributed by atoms with Crippen molar-refractivity contribution in [3.8, 4) is 0 Å². The van der Waals surface area contributed by atoms with Gasteiger partial charge in [-0.1, -0.05) is 0 Å². The van der Waals surface area contributed by atoms with Crippen molar-refractivity contribution in [2.24, 2.45) is 23.2 Å². The van der Waals surface area contributed by atoms with E-state index < -0.39 is 22.5 Å². The van der Waals surface area contributed by atoms with Gasteiger partial charge in [0.2, 0.25) is 0 Å². The molecule has 0 aliphatic heterocycles. The Morgan fingerprint density at radius 2 is 1.45 bits per heavy atom. The van der Waals surface area contributed by atoms with Crippen LogP contribution in [0.1, 0.15) is 5.56 Å². The normalized spacial score (nSPS) is 10.2. The third-order valence-corrected chi connectivity index (χ3v) is 2.19. The maximum absolute atomic E-state index is 10.9. The lowest BCUT2D eigenvalue weighted by molar-refractivity contribution is 0.253. The minimum absolute atomic E-state index is 0.386. The zero-order valence-electron chi connectivity index (χ0n) is 11.4. The van der Waals surface area contributed by atoms with E-state index in [2.05, 4.69) is 0 Å². The van der Waals surface area contributed by atoms with Gasteiger partial charge in [0.25, 0.3) is 0 Å². The average molecular weight is 336 g/mol. The largest absolute Gasteiger partial charge is 0.394 e. The van der Waals surface area contributed by atoms with E-state index in [0.717, 1.165) is 10.0 Å². The summed E-state index contributed by atoms with van der Waals surface area (Å²) in [5, 5.41) is 1.58. The first-order chi connectivity index (χ1) is 9.84. The van der Waals surface area contributed by atoms with Gasteiger partial charge in [0, 0.05) is 0 Å². The highest BCUT2D eigenvalue weighted by Crippen LogP contribution is 2.23. The molecule has 1 aromatic rings. The summed E-state index contributed by atoms with van der Waals surface area (Å²) in [5.74, 6) is 10.9. The third-order valence-electron chi connectivity index (χ3n) is 2.19. The Morgan fingerprint density at radius 3 is 1.77 bits per heavy atom. The number of aryl methyl sites for hydroxylation is 1. The molecule has 13 heteroatoms. The molecule has 0 saturated carbocycles. The maximum Gasteiger partial charge on any atom is 0.394 e. The van der Waals surface area contributed by atoms with Crippen LogP contribution < -0.4 is 33.2 Å². The van der Waals surface area contributed by atoms with Crippen LogP contribution in [0.4, 0.5) is 21.0 Å². The number of benzene rings is 1. The molecule has 0 atom stereocenters. The van der Waals surface area contributed by atoms with Crippen molar-refractivity contribution in [2.45, 2.75) is 6.92 Å². The lowest BCUT2D eigenvalue weighted by atomic mass is 10.1. The fourth-order valence-electron chi connectivity index (χ4n) is 1.31. The van der Waals surface area contributed by atoms with E-state index in [9.17, 15) is 9.59 Å². The number of hydrogen-bond acceptors (Lipinski definition) is 6. The third kappa shape index (κ3) is 6.82. The number of nitrogens with two attached hydrogens (primary N) is 4. The molecule has 22 heavy (non-hydrogen) atoms. The predicted octanol–water partition coefficient (Wildman–Crippen LogP) is -1.14. The van der Waals surface area contributed by atoms with Crippen LogP contribution in [0, 0.1) is 6.92 Å². The number of carbonyl (C=O) groups is 2. The summed E-state index contributed by atoms with van der Waals surface area (Å²) in [7, 11) is -4.67. The van der Waals surface area contributed by atoms with Crippen molar-refractivity contribution in [2.75, 3.05) is 10.0 Å². The van der Waals surface area contributed by atoms with E-state index >= 15 is 0 Å². The van der Waals surface area contributed by atoms with Gasteiger partial charge in [-0.2, -0.15) is 8.42 Å². The molecule has 1 aromatic carbocycles. The highest BCUT2D eigenvalue weighted by atomic mass is 32.3. The molecular weight excluding hydrogens is 320 g/mol. The van der Waals surface area contributed by atoms with Crippen LogP contribution in [0.25, 0.3) is 0 Å². The molecule has 0 heterocycles. The van der Waals surface area contributed by atoms with E-state index in [4.69, 9.17) is 40.7 Å². The zero-order chi connectivity index (χ0) is 17.7. The molecule has 0 bridgehead atoms. The first-order valence-corrected chi connectivity index (χ1v) is 6.73. The zero-order valence-corrected chi connectivity index (χ0v) is 12.2. The summed E-state index contributed by atoms with van der Waals surface area (Å²) in [6.45, 7) is 1.69. The SMILES string of the molecule is Cc1cc(N(N)C(N)=O)ccc1N(N)C(N)=O.O=S(=O)(O)O. The first kappa shape index (κ1) is 19.6. The molecule has 4 amide bonds.